The highest BCUT2D eigenvalue weighted by Crippen LogP contribution is 2.32. The first-order valence-electron chi connectivity index (χ1n) is 7.02. The van der Waals surface area contributed by atoms with Crippen molar-refractivity contribution in [3.05, 3.63) is 28.9 Å². The molecule has 0 aliphatic carbocycles. The number of anilines is 1. The van der Waals surface area contributed by atoms with Crippen molar-refractivity contribution in [3.63, 3.8) is 0 Å². The number of halogens is 7. The fourth-order valence-corrected chi connectivity index (χ4v) is 3.38. The second kappa shape index (κ2) is 8.06. The monoisotopic (exact) mass is 497 g/mol. The highest BCUT2D eigenvalue weighted by molar-refractivity contribution is 9.10. The Morgan fingerprint density at radius 3 is 2.21 bits per heavy atom. The molecule has 1 aromatic carbocycles. The third-order valence-electron chi connectivity index (χ3n) is 2.83. The summed E-state index contributed by atoms with van der Waals surface area (Å²) in [4.78, 5) is -0.863. The van der Waals surface area contributed by atoms with Gasteiger partial charge in [0.1, 0.15) is 22.2 Å². The number of hydrogen-bond acceptors (Lipinski definition) is 5. The Bertz CT molecular complexity index is 929. The van der Waals surface area contributed by atoms with Crippen LogP contribution in [0.25, 0.3) is 0 Å². The van der Waals surface area contributed by atoms with Crippen molar-refractivity contribution in [2.75, 3.05) is 17.9 Å². The lowest BCUT2D eigenvalue weighted by Gasteiger charge is -2.16. The van der Waals surface area contributed by atoms with Gasteiger partial charge in [0, 0.05) is 6.07 Å². The summed E-state index contributed by atoms with van der Waals surface area (Å²) in [6.45, 7) is -3.54. The van der Waals surface area contributed by atoms with Gasteiger partial charge in [0.25, 0.3) is 10.0 Å². The molecule has 2 rings (SSSR count). The first-order chi connectivity index (χ1) is 12.8. The van der Waals surface area contributed by atoms with Crippen molar-refractivity contribution in [2.45, 2.75) is 17.2 Å². The molecular weight excluding hydrogens is 488 g/mol. The van der Waals surface area contributed by atoms with E-state index in [2.05, 4.69) is 35.6 Å². The van der Waals surface area contributed by atoms with Crippen LogP contribution in [-0.4, -0.2) is 44.2 Å². The normalized spacial score (nSPS) is 12.7. The van der Waals surface area contributed by atoms with E-state index in [1.165, 1.54) is 6.20 Å². The summed E-state index contributed by atoms with van der Waals surface area (Å²) in [6.07, 6.45) is -8.28. The second-order valence-corrected chi connectivity index (χ2v) is 7.62. The standard InChI is InChI=1S/C13H10BrF6N3O4S/c14-8-4-21-22-11(8)23-28(24,25)10-3-7(26-5-12(15,16)17)1-2-9(10)27-6-13(18,19)20/h1-4H,5-6H2,(H2,21,22,23). The lowest BCUT2D eigenvalue weighted by Crippen LogP contribution is -2.22. The molecule has 0 amide bonds. The highest BCUT2D eigenvalue weighted by atomic mass is 79.9. The van der Waals surface area contributed by atoms with Gasteiger partial charge in [-0.15, -0.1) is 0 Å². The number of aromatic amines is 1. The number of sulfonamides is 1. The van der Waals surface area contributed by atoms with Gasteiger partial charge < -0.3 is 9.47 Å². The molecule has 0 unspecified atom stereocenters. The van der Waals surface area contributed by atoms with Crippen molar-refractivity contribution in [1.82, 2.24) is 10.2 Å². The molecule has 7 nitrogen and oxygen atoms in total. The molecule has 2 aromatic rings. The van der Waals surface area contributed by atoms with Gasteiger partial charge in [-0.2, -0.15) is 31.4 Å². The second-order valence-electron chi connectivity index (χ2n) is 5.11. The predicted octanol–water partition coefficient (Wildman–Crippen LogP) is 3.86. The average Bonchev–Trinajstić information content (AvgIpc) is 2.94. The number of ether oxygens (including phenoxy) is 2. The molecule has 1 heterocycles. The zero-order valence-corrected chi connectivity index (χ0v) is 15.8. The Kier molecular flexibility index (Phi) is 6.37. The lowest BCUT2D eigenvalue weighted by molar-refractivity contribution is -0.154. The Hall–Kier alpha value is -2.16. The van der Waals surface area contributed by atoms with Crippen molar-refractivity contribution < 1.29 is 44.2 Å². The first kappa shape index (κ1) is 22.1. The van der Waals surface area contributed by atoms with Gasteiger partial charge in [-0.05, 0) is 28.1 Å². The van der Waals surface area contributed by atoms with E-state index in [9.17, 15) is 34.8 Å². The summed E-state index contributed by atoms with van der Waals surface area (Å²) in [7, 11) is -4.59. The van der Waals surface area contributed by atoms with Crippen LogP contribution in [0, 0.1) is 0 Å². The fourth-order valence-electron chi connectivity index (χ4n) is 1.76. The van der Waals surface area contributed by atoms with Gasteiger partial charge in [0.2, 0.25) is 0 Å². The van der Waals surface area contributed by atoms with E-state index in [1.807, 2.05) is 4.72 Å². The molecule has 28 heavy (non-hydrogen) atoms. The van der Waals surface area contributed by atoms with Crippen LogP contribution in [0.4, 0.5) is 32.2 Å². The molecule has 0 saturated heterocycles. The average molecular weight is 498 g/mol. The minimum absolute atomic E-state index is 0.164. The van der Waals surface area contributed by atoms with Gasteiger partial charge in [-0.1, -0.05) is 0 Å². The molecule has 2 N–H and O–H groups in total. The Morgan fingerprint density at radius 2 is 1.68 bits per heavy atom. The fraction of sp³-hybridized carbons (Fsp3) is 0.308. The number of H-pyrrole nitrogens is 1. The van der Waals surface area contributed by atoms with Crippen LogP contribution in [0.5, 0.6) is 11.5 Å². The number of hydrogen-bond donors (Lipinski definition) is 2. The maximum absolute atomic E-state index is 12.5. The zero-order valence-electron chi connectivity index (χ0n) is 13.4. The molecular formula is C13H10BrF6N3O4S. The molecule has 0 bridgehead atoms. The molecule has 0 spiro atoms. The highest BCUT2D eigenvalue weighted by Gasteiger charge is 2.32. The summed E-state index contributed by atoms with van der Waals surface area (Å²) in [5.41, 5.74) is 0. The van der Waals surface area contributed by atoms with Crippen molar-refractivity contribution in [1.29, 1.82) is 0 Å². The summed E-state index contributed by atoms with van der Waals surface area (Å²) in [5, 5.41) is 5.81. The third kappa shape index (κ3) is 6.47. The first-order valence-corrected chi connectivity index (χ1v) is 9.29. The van der Waals surface area contributed by atoms with E-state index in [-0.39, 0.29) is 10.3 Å². The van der Waals surface area contributed by atoms with E-state index in [1.54, 1.807) is 0 Å². The van der Waals surface area contributed by atoms with Gasteiger partial charge >= 0.3 is 12.4 Å². The van der Waals surface area contributed by atoms with Crippen LogP contribution >= 0.6 is 15.9 Å². The largest absolute Gasteiger partial charge is 0.484 e. The predicted molar refractivity (Wildman–Crippen MR) is 86.6 cm³/mol. The van der Waals surface area contributed by atoms with E-state index < -0.39 is 52.0 Å². The van der Waals surface area contributed by atoms with Crippen molar-refractivity contribution in [3.8, 4) is 11.5 Å². The smallest absolute Gasteiger partial charge is 0.422 e. The molecule has 15 heteroatoms. The van der Waals surface area contributed by atoms with Gasteiger partial charge in [0.15, 0.2) is 13.2 Å². The van der Waals surface area contributed by atoms with E-state index in [0.29, 0.717) is 6.07 Å². The Morgan fingerprint density at radius 1 is 1.07 bits per heavy atom. The molecule has 0 fully saturated rings. The zero-order chi connectivity index (χ0) is 21.2. The minimum Gasteiger partial charge on any atom is -0.484 e. The third-order valence-corrected chi connectivity index (χ3v) is 4.80. The lowest BCUT2D eigenvalue weighted by atomic mass is 10.3. The number of alkyl halides is 6. The van der Waals surface area contributed by atoms with Crippen LogP contribution in [0.3, 0.4) is 0 Å². The molecule has 0 aliphatic rings. The minimum atomic E-state index is -4.77. The Labute approximate surface area is 162 Å². The number of benzene rings is 1. The van der Waals surface area contributed by atoms with E-state index >= 15 is 0 Å². The SMILES string of the molecule is O=S(=O)(Nc1[nH]ncc1Br)c1cc(OCC(F)(F)F)ccc1OCC(F)(F)F. The summed E-state index contributed by atoms with van der Waals surface area (Å²) in [6, 6.07) is 2.22. The van der Waals surface area contributed by atoms with Crippen LogP contribution in [0.1, 0.15) is 0 Å². The molecule has 0 saturated carbocycles. The number of rotatable bonds is 7. The molecule has 0 atom stereocenters. The number of nitrogens with one attached hydrogen (secondary N) is 2. The molecule has 1 aromatic heterocycles. The van der Waals surface area contributed by atoms with E-state index in [0.717, 1.165) is 12.1 Å². The topological polar surface area (TPSA) is 93.3 Å². The van der Waals surface area contributed by atoms with E-state index in [4.69, 9.17) is 0 Å². The van der Waals surface area contributed by atoms with Gasteiger partial charge in [-0.3, -0.25) is 9.82 Å². The maximum Gasteiger partial charge on any atom is 0.422 e. The number of nitrogens with zero attached hydrogens (tertiary/aromatic N) is 1. The van der Waals surface area contributed by atoms with Crippen LogP contribution in [0.2, 0.25) is 0 Å². The molecule has 0 aliphatic heterocycles. The quantitative estimate of drug-likeness (QED) is 0.566. The summed E-state index contributed by atoms with van der Waals surface area (Å²) >= 11 is 2.98. The van der Waals surface area contributed by atoms with Crippen molar-refractivity contribution >= 4 is 31.8 Å². The number of aromatic nitrogens is 2. The Balaban J connectivity index is 2.38. The van der Waals surface area contributed by atoms with Crippen LogP contribution in [0.15, 0.2) is 33.8 Å². The van der Waals surface area contributed by atoms with Gasteiger partial charge in [-0.25, -0.2) is 8.42 Å². The van der Waals surface area contributed by atoms with Crippen LogP contribution in [-0.2, 0) is 10.0 Å². The molecule has 156 valence electrons. The summed E-state index contributed by atoms with van der Waals surface area (Å²) in [5.74, 6) is -1.44. The summed E-state index contributed by atoms with van der Waals surface area (Å²) < 4.78 is 110. The van der Waals surface area contributed by atoms with Gasteiger partial charge in [0.05, 0.1) is 10.7 Å². The maximum atomic E-state index is 12.5. The van der Waals surface area contributed by atoms with Crippen molar-refractivity contribution in [2.24, 2.45) is 0 Å². The molecule has 0 radical (unpaired) electrons. The van der Waals surface area contributed by atoms with Crippen LogP contribution < -0.4 is 14.2 Å².